The van der Waals surface area contributed by atoms with Crippen LogP contribution in [0.25, 0.3) is 0 Å². The molecular weight excluding hydrogens is 296 g/mol. The van der Waals surface area contributed by atoms with E-state index in [1.165, 1.54) is 60.7 Å². The molecule has 2 heterocycles. The predicted molar refractivity (Wildman–Crippen MR) is 95.4 cm³/mol. The Balaban J connectivity index is 1.62. The van der Waals surface area contributed by atoms with Gasteiger partial charge in [0.15, 0.2) is 5.17 Å². The Labute approximate surface area is 136 Å². The van der Waals surface area contributed by atoms with Gasteiger partial charge >= 0.3 is 0 Å². The van der Waals surface area contributed by atoms with Gasteiger partial charge in [-0.15, -0.1) is 11.3 Å². The molecule has 1 saturated carbocycles. The second kappa shape index (κ2) is 7.19. The molecule has 1 aromatic rings. The van der Waals surface area contributed by atoms with Crippen LogP contribution in [0, 0.1) is 5.41 Å². The Hall–Kier alpha value is -0.480. The topological polar surface area (TPSA) is 24.4 Å². The van der Waals surface area contributed by atoms with E-state index in [1.54, 1.807) is 0 Å². The number of thioether (sulfide) groups is 1. The highest BCUT2D eigenvalue weighted by Crippen LogP contribution is 2.42. The van der Waals surface area contributed by atoms with E-state index in [-0.39, 0.29) is 0 Å². The fourth-order valence-corrected chi connectivity index (χ4v) is 5.47. The van der Waals surface area contributed by atoms with Gasteiger partial charge in [-0.1, -0.05) is 50.4 Å². The molecule has 1 aromatic heterocycles. The number of rotatable bonds is 4. The minimum absolute atomic E-state index is 0.446. The molecule has 2 aliphatic rings. The van der Waals surface area contributed by atoms with Crippen molar-refractivity contribution in [1.29, 1.82) is 0 Å². The van der Waals surface area contributed by atoms with Crippen molar-refractivity contribution in [3.63, 3.8) is 0 Å². The largest absolute Gasteiger partial charge is 0.357 e. The maximum Gasteiger partial charge on any atom is 0.157 e. The fourth-order valence-electron chi connectivity index (χ4n) is 3.46. The zero-order valence-corrected chi connectivity index (χ0v) is 14.6. The molecular formula is C17H26N2S2. The van der Waals surface area contributed by atoms with Gasteiger partial charge in [0.25, 0.3) is 0 Å². The third-order valence-corrected chi connectivity index (χ3v) is 7.01. The fraction of sp³-hybridized carbons (Fsp3) is 0.706. The molecule has 1 aliphatic heterocycles. The highest BCUT2D eigenvalue weighted by atomic mass is 32.2. The Morgan fingerprint density at radius 1 is 1.33 bits per heavy atom. The van der Waals surface area contributed by atoms with Crippen LogP contribution in [0.1, 0.15) is 62.8 Å². The number of amidine groups is 1. The molecule has 1 unspecified atom stereocenters. The van der Waals surface area contributed by atoms with E-state index in [0.717, 1.165) is 6.54 Å². The summed E-state index contributed by atoms with van der Waals surface area (Å²) in [7, 11) is 0. The van der Waals surface area contributed by atoms with E-state index >= 15 is 0 Å². The van der Waals surface area contributed by atoms with Crippen LogP contribution in [0.3, 0.4) is 0 Å². The molecule has 21 heavy (non-hydrogen) atoms. The summed E-state index contributed by atoms with van der Waals surface area (Å²) in [5.41, 5.74) is 0.525. The van der Waals surface area contributed by atoms with Crippen LogP contribution in [-0.2, 0) is 0 Å². The lowest BCUT2D eigenvalue weighted by molar-refractivity contribution is 0.232. The molecule has 4 heteroatoms. The van der Waals surface area contributed by atoms with Crippen molar-refractivity contribution in [2.75, 3.05) is 12.3 Å². The molecule has 116 valence electrons. The van der Waals surface area contributed by atoms with Crippen molar-refractivity contribution in [2.24, 2.45) is 10.4 Å². The van der Waals surface area contributed by atoms with Gasteiger partial charge in [0.2, 0.25) is 0 Å². The number of nitrogens with zero attached hydrogens (tertiary/aromatic N) is 1. The first kappa shape index (κ1) is 15.4. The molecule has 0 aromatic carbocycles. The molecule has 1 N–H and O–H groups in total. The number of hydrogen-bond acceptors (Lipinski definition) is 4. The number of thiophene rings is 1. The van der Waals surface area contributed by atoms with Crippen molar-refractivity contribution in [1.82, 2.24) is 5.32 Å². The minimum Gasteiger partial charge on any atom is -0.357 e. The summed E-state index contributed by atoms with van der Waals surface area (Å²) < 4.78 is 0. The molecule has 1 aliphatic carbocycles. The van der Waals surface area contributed by atoms with E-state index in [0.29, 0.717) is 11.5 Å². The zero-order chi connectivity index (χ0) is 14.5. The van der Waals surface area contributed by atoms with Crippen LogP contribution in [0.4, 0.5) is 0 Å². The number of aliphatic imine (C=N–C) groups is 1. The van der Waals surface area contributed by atoms with Gasteiger partial charge in [-0.25, -0.2) is 0 Å². The quantitative estimate of drug-likeness (QED) is 0.820. The van der Waals surface area contributed by atoms with Gasteiger partial charge in [-0.3, -0.25) is 4.99 Å². The first-order chi connectivity index (χ1) is 10.3. The van der Waals surface area contributed by atoms with E-state index in [9.17, 15) is 0 Å². The molecule has 1 spiro atoms. The smallest absolute Gasteiger partial charge is 0.157 e. The Morgan fingerprint density at radius 3 is 2.81 bits per heavy atom. The van der Waals surface area contributed by atoms with Crippen molar-refractivity contribution in [3.8, 4) is 0 Å². The Bertz CT molecular complexity index is 461. The van der Waals surface area contributed by atoms with Crippen LogP contribution >= 0.6 is 23.1 Å². The average molecular weight is 323 g/mol. The maximum absolute atomic E-state index is 4.91. The van der Waals surface area contributed by atoms with E-state index in [2.05, 4.69) is 29.8 Å². The monoisotopic (exact) mass is 322 g/mol. The highest BCUT2D eigenvalue weighted by molar-refractivity contribution is 8.13. The van der Waals surface area contributed by atoms with Crippen LogP contribution in [0.5, 0.6) is 0 Å². The van der Waals surface area contributed by atoms with E-state index in [1.807, 2.05) is 23.1 Å². The average Bonchev–Trinajstić information content (AvgIpc) is 3.04. The predicted octanol–water partition coefficient (Wildman–Crippen LogP) is 5.23. The van der Waals surface area contributed by atoms with Crippen LogP contribution in [-0.4, -0.2) is 17.5 Å². The van der Waals surface area contributed by atoms with E-state index < -0.39 is 0 Å². The Kier molecular flexibility index (Phi) is 5.28. The van der Waals surface area contributed by atoms with Crippen molar-refractivity contribution in [3.05, 3.63) is 22.4 Å². The number of nitrogens with one attached hydrogen (secondary N) is 1. The Morgan fingerprint density at radius 2 is 2.19 bits per heavy atom. The summed E-state index contributed by atoms with van der Waals surface area (Å²) in [4.78, 5) is 6.35. The second-order valence-electron chi connectivity index (χ2n) is 6.47. The van der Waals surface area contributed by atoms with Gasteiger partial charge in [-0.05, 0) is 36.1 Å². The molecule has 0 radical (unpaired) electrons. The van der Waals surface area contributed by atoms with Crippen LogP contribution in [0.15, 0.2) is 22.5 Å². The summed E-state index contributed by atoms with van der Waals surface area (Å²) in [6, 6.07) is 4.84. The molecule has 0 saturated heterocycles. The summed E-state index contributed by atoms with van der Waals surface area (Å²) in [5, 5.41) is 7.06. The van der Waals surface area contributed by atoms with Crippen LogP contribution in [0.2, 0.25) is 0 Å². The lowest BCUT2D eigenvalue weighted by atomic mass is 9.75. The minimum atomic E-state index is 0.446. The van der Waals surface area contributed by atoms with Crippen molar-refractivity contribution in [2.45, 2.75) is 57.9 Å². The standard InChI is InChI=1S/C17H26N2S2/c1-2-7-14(15-8-6-11-20-15)19-16-18-12-17(13-21-16)9-4-3-5-10-17/h6,8,11,14H,2-5,7,9-10,12-13H2,1H3,(H,18,19). The first-order valence-electron chi connectivity index (χ1n) is 8.28. The van der Waals surface area contributed by atoms with Gasteiger partial charge < -0.3 is 5.32 Å². The van der Waals surface area contributed by atoms with Crippen molar-refractivity contribution >= 4 is 28.3 Å². The molecule has 3 rings (SSSR count). The highest BCUT2D eigenvalue weighted by Gasteiger charge is 2.35. The molecule has 1 atom stereocenters. The second-order valence-corrected chi connectivity index (χ2v) is 8.42. The summed E-state index contributed by atoms with van der Waals surface area (Å²) >= 11 is 3.82. The summed E-state index contributed by atoms with van der Waals surface area (Å²) in [6.07, 6.45) is 9.42. The number of hydrogen-bond donors (Lipinski definition) is 1. The summed E-state index contributed by atoms with van der Waals surface area (Å²) in [5.74, 6) is 1.27. The lowest BCUT2D eigenvalue weighted by Crippen LogP contribution is -2.37. The molecule has 2 nitrogen and oxygen atoms in total. The van der Waals surface area contributed by atoms with Crippen molar-refractivity contribution < 1.29 is 0 Å². The van der Waals surface area contributed by atoms with Gasteiger partial charge in [0.05, 0.1) is 6.04 Å². The molecule has 1 fully saturated rings. The molecule has 0 amide bonds. The summed E-state index contributed by atoms with van der Waals surface area (Å²) in [6.45, 7) is 3.31. The maximum atomic E-state index is 4.91. The normalized spacial score (nSPS) is 22.8. The van der Waals surface area contributed by atoms with Gasteiger partial charge in [-0.2, -0.15) is 0 Å². The lowest BCUT2D eigenvalue weighted by Gasteiger charge is -2.38. The SMILES string of the molecule is CCCC(NC1=NCC2(CCCCC2)CS1)c1cccs1. The van der Waals surface area contributed by atoms with Gasteiger partial charge in [0, 0.05) is 17.2 Å². The third kappa shape index (κ3) is 3.84. The third-order valence-electron chi connectivity index (χ3n) is 4.75. The first-order valence-corrected chi connectivity index (χ1v) is 10.1. The van der Waals surface area contributed by atoms with Crippen LogP contribution < -0.4 is 5.32 Å². The molecule has 0 bridgehead atoms. The van der Waals surface area contributed by atoms with Gasteiger partial charge in [0.1, 0.15) is 0 Å². The zero-order valence-electron chi connectivity index (χ0n) is 12.9. The van der Waals surface area contributed by atoms with E-state index in [4.69, 9.17) is 4.99 Å².